The molecule has 5 rings (SSSR count). The second kappa shape index (κ2) is 3.83. The number of Topliss-reactive ketones (excluding diaryl/α,β-unsaturated/α-hetero) is 1. The summed E-state index contributed by atoms with van der Waals surface area (Å²) in [5.74, 6) is 2.82. The largest absolute Gasteiger partial charge is 0.293 e. The lowest BCUT2D eigenvalue weighted by Crippen LogP contribution is -2.49. The molecule has 0 N–H and O–H groups in total. The summed E-state index contributed by atoms with van der Waals surface area (Å²) in [7, 11) is 0. The zero-order chi connectivity index (χ0) is 12.3. The summed E-state index contributed by atoms with van der Waals surface area (Å²) >= 11 is 7.69. The molecule has 1 aromatic rings. The van der Waals surface area contributed by atoms with Crippen molar-refractivity contribution in [1.29, 1.82) is 0 Å². The van der Waals surface area contributed by atoms with E-state index in [0.717, 1.165) is 41.9 Å². The third-order valence-electron chi connectivity index (χ3n) is 5.34. The highest BCUT2D eigenvalue weighted by Gasteiger charge is 2.54. The second-order valence-corrected chi connectivity index (χ2v) is 7.95. The lowest BCUT2D eigenvalue weighted by atomic mass is 9.48. The van der Waals surface area contributed by atoms with Crippen LogP contribution in [0.5, 0.6) is 0 Å². The van der Waals surface area contributed by atoms with Gasteiger partial charge in [0.15, 0.2) is 5.78 Å². The fraction of sp³-hybridized carbons (Fsp3) is 0.667. The van der Waals surface area contributed by atoms with Crippen molar-refractivity contribution >= 4 is 28.7 Å². The highest BCUT2D eigenvalue weighted by atomic mass is 35.5. The van der Waals surface area contributed by atoms with E-state index in [1.54, 1.807) is 0 Å². The summed E-state index contributed by atoms with van der Waals surface area (Å²) < 4.78 is 0. The molecule has 0 unspecified atom stereocenters. The Morgan fingerprint density at radius 1 is 1.17 bits per heavy atom. The molecule has 18 heavy (non-hydrogen) atoms. The van der Waals surface area contributed by atoms with E-state index in [2.05, 4.69) is 0 Å². The number of thiophene rings is 1. The normalized spacial score (nSPS) is 41.3. The Morgan fingerprint density at radius 2 is 1.72 bits per heavy atom. The molecular formula is C15H17ClOS. The Labute approximate surface area is 117 Å². The van der Waals surface area contributed by atoms with E-state index in [-0.39, 0.29) is 5.41 Å². The molecule has 4 aliphatic carbocycles. The zero-order valence-corrected chi connectivity index (χ0v) is 11.9. The van der Waals surface area contributed by atoms with Gasteiger partial charge in [-0.2, -0.15) is 0 Å². The molecule has 0 aliphatic heterocycles. The SMILES string of the molecule is O=C(c1sccc1Cl)C12CC3CC(CC(C3)C1)C2. The zero-order valence-electron chi connectivity index (χ0n) is 10.3. The molecule has 4 fully saturated rings. The summed E-state index contributed by atoms with van der Waals surface area (Å²) in [5.41, 5.74) is -0.0384. The van der Waals surface area contributed by atoms with Gasteiger partial charge in [-0.05, 0) is 67.7 Å². The maximum atomic E-state index is 12.9. The number of ketones is 1. The molecule has 4 aliphatic rings. The minimum atomic E-state index is -0.0384. The summed E-state index contributed by atoms with van der Waals surface area (Å²) in [6, 6.07) is 1.86. The van der Waals surface area contributed by atoms with E-state index < -0.39 is 0 Å². The molecular weight excluding hydrogens is 264 g/mol. The molecule has 0 spiro atoms. The van der Waals surface area contributed by atoms with Crippen LogP contribution in [-0.2, 0) is 0 Å². The van der Waals surface area contributed by atoms with E-state index in [1.165, 1.54) is 30.6 Å². The summed E-state index contributed by atoms with van der Waals surface area (Å²) in [6.45, 7) is 0. The maximum Gasteiger partial charge on any atom is 0.180 e. The first kappa shape index (κ1) is 11.5. The van der Waals surface area contributed by atoms with E-state index in [1.807, 2.05) is 11.4 Å². The van der Waals surface area contributed by atoms with E-state index in [0.29, 0.717) is 10.8 Å². The van der Waals surface area contributed by atoms with Crippen LogP contribution in [0.3, 0.4) is 0 Å². The molecule has 4 bridgehead atoms. The predicted molar refractivity (Wildman–Crippen MR) is 74.3 cm³/mol. The molecule has 96 valence electrons. The number of halogens is 1. The quantitative estimate of drug-likeness (QED) is 0.711. The van der Waals surface area contributed by atoms with Crippen molar-refractivity contribution in [2.75, 3.05) is 0 Å². The molecule has 0 aromatic carbocycles. The van der Waals surface area contributed by atoms with Gasteiger partial charge in [-0.25, -0.2) is 0 Å². The molecule has 0 saturated heterocycles. The van der Waals surface area contributed by atoms with Crippen LogP contribution in [0, 0.1) is 23.2 Å². The monoisotopic (exact) mass is 280 g/mol. The van der Waals surface area contributed by atoms with Gasteiger partial charge in [0.2, 0.25) is 0 Å². The lowest BCUT2D eigenvalue weighted by Gasteiger charge is -2.55. The first-order chi connectivity index (χ1) is 8.66. The average molecular weight is 281 g/mol. The highest BCUT2D eigenvalue weighted by molar-refractivity contribution is 7.12. The van der Waals surface area contributed by atoms with Gasteiger partial charge in [0.05, 0.1) is 9.90 Å². The van der Waals surface area contributed by atoms with Crippen LogP contribution >= 0.6 is 22.9 Å². The second-order valence-electron chi connectivity index (χ2n) is 6.62. The Hall–Kier alpha value is -0.340. The average Bonchev–Trinajstić information content (AvgIpc) is 2.72. The van der Waals surface area contributed by atoms with E-state index in [9.17, 15) is 4.79 Å². The van der Waals surface area contributed by atoms with Gasteiger partial charge < -0.3 is 0 Å². The van der Waals surface area contributed by atoms with Gasteiger partial charge in [-0.1, -0.05) is 11.6 Å². The van der Waals surface area contributed by atoms with Crippen LogP contribution < -0.4 is 0 Å². The summed E-state index contributed by atoms with van der Waals surface area (Å²) in [4.78, 5) is 13.7. The molecule has 4 saturated carbocycles. The Morgan fingerprint density at radius 3 is 2.17 bits per heavy atom. The number of carbonyl (C=O) groups is 1. The van der Waals surface area contributed by atoms with Gasteiger partial charge in [0.25, 0.3) is 0 Å². The number of hydrogen-bond acceptors (Lipinski definition) is 2. The molecule has 1 nitrogen and oxygen atoms in total. The fourth-order valence-corrected chi connectivity index (χ4v) is 6.29. The highest BCUT2D eigenvalue weighted by Crippen LogP contribution is 2.61. The third-order valence-corrected chi connectivity index (χ3v) is 6.68. The lowest BCUT2D eigenvalue weighted by molar-refractivity contribution is -0.0350. The van der Waals surface area contributed by atoms with Gasteiger partial charge >= 0.3 is 0 Å². The first-order valence-electron chi connectivity index (χ1n) is 6.94. The molecule has 3 heteroatoms. The van der Waals surface area contributed by atoms with E-state index in [4.69, 9.17) is 11.6 Å². The van der Waals surface area contributed by atoms with Gasteiger partial charge in [0.1, 0.15) is 0 Å². The van der Waals surface area contributed by atoms with Crippen LogP contribution in [0.2, 0.25) is 5.02 Å². The Bertz CT molecular complexity index is 469. The van der Waals surface area contributed by atoms with Crippen LogP contribution in [0.15, 0.2) is 11.4 Å². The number of carbonyl (C=O) groups excluding carboxylic acids is 1. The van der Waals surface area contributed by atoms with Crippen molar-refractivity contribution in [2.24, 2.45) is 23.2 Å². The predicted octanol–water partition coefficient (Wildman–Crippen LogP) is 4.80. The fourth-order valence-electron chi connectivity index (χ4n) is 5.09. The van der Waals surface area contributed by atoms with Crippen molar-refractivity contribution in [3.63, 3.8) is 0 Å². The van der Waals surface area contributed by atoms with Crippen molar-refractivity contribution in [3.8, 4) is 0 Å². The first-order valence-corrected chi connectivity index (χ1v) is 8.20. The Kier molecular flexibility index (Phi) is 2.44. The third kappa shape index (κ3) is 1.55. The van der Waals surface area contributed by atoms with Gasteiger partial charge in [-0.3, -0.25) is 4.79 Å². The standard InChI is InChI=1S/C15H17ClOS/c16-12-1-2-18-13(12)14(17)15-6-9-3-10(7-15)5-11(4-9)8-15/h1-2,9-11H,3-8H2. The minimum Gasteiger partial charge on any atom is -0.293 e. The van der Waals surface area contributed by atoms with Crippen molar-refractivity contribution in [3.05, 3.63) is 21.3 Å². The molecule has 0 radical (unpaired) electrons. The molecule has 1 aromatic heterocycles. The van der Waals surface area contributed by atoms with Gasteiger partial charge in [-0.15, -0.1) is 11.3 Å². The summed E-state index contributed by atoms with van der Waals surface area (Å²) in [5, 5.41) is 2.61. The molecule has 0 atom stereocenters. The van der Waals surface area contributed by atoms with Crippen LogP contribution in [-0.4, -0.2) is 5.78 Å². The Balaban J connectivity index is 1.72. The maximum absolute atomic E-state index is 12.9. The molecule has 0 amide bonds. The molecule has 1 heterocycles. The van der Waals surface area contributed by atoms with Crippen LogP contribution in [0.1, 0.15) is 48.2 Å². The van der Waals surface area contributed by atoms with Crippen molar-refractivity contribution in [2.45, 2.75) is 38.5 Å². The topological polar surface area (TPSA) is 17.1 Å². The smallest absolute Gasteiger partial charge is 0.180 e. The minimum absolute atomic E-state index is 0.0384. The van der Waals surface area contributed by atoms with Gasteiger partial charge in [0, 0.05) is 5.41 Å². The van der Waals surface area contributed by atoms with Crippen LogP contribution in [0.25, 0.3) is 0 Å². The van der Waals surface area contributed by atoms with Crippen molar-refractivity contribution < 1.29 is 4.79 Å². The van der Waals surface area contributed by atoms with Crippen molar-refractivity contribution in [1.82, 2.24) is 0 Å². The van der Waals surface area contributed by atoms with E-state index >= 15 is 0 Å². The van der Waals surface area contributed by atoms with Crippen LogP contribution in [0.4, 0.5) is 0 Å². The summed E-state index contributed by atoms with van der Waals surface area (Å²) in [6.07, 6.45) is 7.53. The number of hydrogen-bond donors (Lipinski definition) is 0. The number of rotatable bonds is 2.